The summed E-state index contributed by atoms with van der Waals surface area (Å²) in [4.78, 5) is 2.22. The molecule has 4 heteroatoms. The second kappa shape index (κ2) is 4.37. The zero-order valence-corrected chi connectivity index (χ0v) is 10.1. The molecule has 94 valence electrons. The molecule has 0 unspecified atom stereocenters. The van der Waals surface area contributed by atoms with Crippen LogP contribution in [0.5, 0.6) is 5.75 Å². The van der Waals surface area contributed by atoms with Gasteiger partial charge in [0, 0.05) is 24.6 Å². The van der Waals surface area contributed by atoms with Crippen molar-refractivity contribution < 1.29 is 10.3 Å². The molecule has 3 saturated heterocycles. The first-order chi connectivity index (χ1) is 8.79. The molecular formula is C14H16N2O2. The number of rotatable bonds is 1. The molecule has 3 fully saturated rings. The van der Waals surface area contributed by atoms with Gasteiger partial charge in [0.1, 0.15) is 11.5 Å². The SMILES string of the molecule is O/N=C1/C(=C/c2ccccc2O)N2CCC1CC2. The zero-order valence-electron chi connectivity index (χ0n) is 10.1. The summed E-state index contributed by atoms with van der Waals surface area (Å²) in [6.45, 7) is 2.01. The van der Waals surface area contributed by atoms with Gasteiger partial charge in [0.05, 0.1) is 5.70 Å². The number of hydrogen-bond donors (Lipinski definition) is 2. The summed E-state index contributed by atoms with van der Waals surface area (Å²) in [7, 11) is 0. The Morgan fingerprint density at radius 3 is 2.61 bits per heavy atom. The van der Waals surface area contributed by atoms with Crippen LogP contribution in [-0.2, 0) is 0 Å². The minimum absolute atomic E-state index is 0.255. The molecule has 0 aliphatic carbocycles. The normalized spacial score (nSPS) is 24.1. The van der Waals surface area contributed by atoms with Crippen LogP contribution >= 0.6 is 0 Å². The van der Waals surface area contributed by atoms with E-state index in [1.165, 1.54) is 0 Å². The molecule has 0 saturated carbocycles. The van der Waals surface area contributed by atoms with Crippen LogP contribution in [0.3, 0.4) is 0 Å². The number of oxime groups is 1. The number of hydrogen-bond acceptors (Lipinski definition) is 4. The lowest BCUT2D eigenvalue weighted by Gasteiger charge is -2.42. The predicted molar refractivity (Wildman–Crippen MR) is 69.6 cm³/mol. The highest BCUT2D eigenvalue weighted by Crippen LogP contribution is 2.34. The summed E-state index contributed by atoms with van der Waals surface area (Å²) in [5.74, 6) is 0.613. The maximum atomic E-state index is 9.80. The van der Waals surface area contributed by atoms with E-state index >= 15 is 0 Å². The summed E-state index contributed by atoms with van der Waals surface area (Å²) >= 11 is 0. The van der Waals surface area contributed by atoms with Crippen LogP contribution < -0.4 is 0 Å². The van der Waals surface area contributed by atoms with E-state index < -0.39 is 0 Å². The zero-order chi connectivity index (χ0) is 12.5. The molecule has 4 rings (SSSR count). The smallest absolute Gasteiger partial charge is 0.122 e. The highest BCUT2D eigenvalue weighted by molar-refractivity contribution is 6.05. The highest BCUT2D eigenvalue weighted by Gasteiger charge is 2.35. The fraction of sp³-hybridized carbons (Fsp3) is 0.357. The van der Waals surface area contributed by atoms with Crippen LogP contribution in [0.1, 0.15) is 18.4 Å². The second-order valence-corrected chi connectivity index (χ2v) is 4.83. The maximum Gasteiger partial charge on any atom is 0.122 e. The predicted octanol–water partition coefficient (Wildman–Crippen LogP) is 2.29. The lowest BCUT2D eigenvalue weighted by molar-refractivity contribution is 0.229. The van der Waals surface area contributed by atoms with Gasteiger partial charge in [-0.1, -0.05) is 23.4 Å². The largest absolute Gasteiger partial charge is 0.507 e. The van der Waals surface area contributed by atoms with E-state index in [0.717, 1.165) is 42.9 Å². The van der Waals surface area contributed by atoms with Crippen molar-refractivity contribution in [1.29, 1.82) is 0 Å². The van der Waals surface area contributed by atoms with E-state index in [1.807, 2.05) is 18.2 Å². The first-order valence-corrected chi connectivity index (χ1v) is 6.26. The van der Waals surface area contributed by atoms with Gasteiger partial charge < -0.3 is 15.2 Å². The van der Waals surface area contributed by atoms with Gasteiger partial charge in [-0.3, -0.25) is 0 Å². The van der Waals surface area contributed by atoms with Gasteiger partial charge in [0.25, 0.3) is 0 Å². The quantitative estimate of drug-likeness (QED) is 0.588. The number of allylic oxidation sites excluding steroid dienone is 1. The minimum Gasteiger partial charge on any atom is -0.507 e. The molecule has 0 radical (unpaired) electrons. The number of fused-ring (bicyclic) bond motifs is 3. The van der Waals surface area contributed by atoms with Gasteiger partial charge in [-0.25, -0.2) is 0 Å². The summed E-state index contributed by atoms with van der Waals surface area (Å²) in [6.07, 6.45) is 4.02. The minimum atomic E-state index is 0.255. The Hall–Kier alpha value is -1.97. The fourth-order valence-electron chi connectivity index (χ4n) is 2.82. The Balaban J connectivity index is 2.02. The van der Waals surface area contributed by atoms with Gasteiger partial charge in [-0.2, -0.15) is 0 Å². The van der Waals surface area contributed by atoms with Crippen molar-refractivity contribution >= 4 is 11.8 Å². The molecule has 0 amide bonds. The van der Waals surface area contributed by atoms with Gasteiger partial charge in [-0.15, -0.1) is 0 Å². The van der Waals surface area contributed by atoms with Crippen molar-refractivity contribution in [2.75, 3.05) is 13.1 Å². The monoisotopic (exact) mass is 244 g/mol. The summed E-state index contributed by atoms with van der Waals surface area (Å²) < 4.78 is 0. The molecule has 3 aliphatic rings. The van der Waals surface area contributed by atoms with Gasteiger partial charge in [0.15, 0.2) is 0 Å². The number of para-hydroxylation sites is 1. The van der Waals surface area contributed by atoms with Crippen molar-refractivity contribution in [2.45, 2.75) is 12.8 Å². The fourth-order valence-corrected chi connectivity index (χ4v) is 2.82. The number of piperidine rings is 3. The van der Waals surface area contributed by atoms with Gasteiger partial charge >= 0.3 is 0 Å². The topological polar surface area (TPSA) is 56.1 Å². The second-order valence-electron chi connectivity index (χ2n) is 4.83. The molecule has 2 bridgehead atoms. The van der Waals surface area contributed by atoms with Crippen LogP contribution in [0.15, 0.2) is 35.1 Å². The number of phenols is 1. The van der Waals surface area contributed by atoms with E-state index in [0.29, 0.717) is 5.92 Å². The molecule has 1 aromatic carbocycles. The Bertz CT molecular complexity index is 514. The van der Waals surface area contributed by atoms with Crippen molar-refractivity contribution in [1.82, 2.24) is 4.90 Å². The molecule has 2 N–H and O–H groups in total. The number of aromatic hydroxyl groups is 1. The average molecular weight is 244 g/mol. The Kier molecular flexibility index (Phi) is 2.70. The number of phenolic OH excluding ortho intramolecular Hbond substituents is 1. The molecule has 3 heterocycles. The molecule has 18 heavy (non-hydrogen) atoms. The van der Waals surface area contributed by atoms with Crippen LogP contribution in [0.4, 0.5) is 0 Å². The average Bonchev–Trinajstić information content (AvgIpc) is 2.42. The molecule has 1 aromatic rings. The summed E-state index contributed by atoms with van der Waals surface area (Å²) in [5, 5.41) is 22.5. The lowest BCUT2D eigenvalue weighted by atomic mass is 9.83. The maximum absolute atomic E-state index is 9.80. The van der Waals surface area contributed by atoms with Crippen molar-refractivity contribution in [2.24, 2.45) is 11.1 Å². The number of nitrogens with zero attached hydrogens (tertiary/aromatic N) is 2. The molecule has 0 aromatic heterocycles. The first-order valence-electron chi connectivity index (χ1n) is 6.26. The van der Waals surface area contributed by atoms with E-state index in [2.05, 4.69) is 10.1 Å². The van der Waals surface area contributed by atoms with Crippen LogP contribution in [0, 0.1) is 5.92 Å². The lowest BCUT2D eigenvalue weighted by Crippen LogP contribution is -2.46. The molecular weight excluding hydrogens is 228 g/mol. The molecule has 3 aliphatic heterocycles. The standard InChI is InChI=1S/C14H16N2O2/c17-13-4-2-1-3-11(13)9-12-14(15-18)10-5-7-16(12)8-6-10/h1-4,9-10,17-18H,5-8H2/b12-9-,15-14+. The summed E-state index contributed by atoms with van der Waals surface area (Å²) in [6, 6.07) is 7.21. The third kappa shape index (κ3) is 1.74. The molecule has 4 nitrogen and oxygen atoms in total. The van der Waals surface area contributed by atoms with Crippen LogP contribution in [0.25, 0.3) is 6.08 Å². The number of benzene rings is 1. The Morgan fingerprint density at radius 2 is 1.94 bits per heavy atom. The van der Waals surface area contributed by atoms with E-state index in [9.17, 15) is 10.3 Å². The molecule has 0 atom stereocenters. The van der Waals surface area contributed by atoms with Crippen molar-refractivity contribution in [3.63, 3.8) is 0 Å². The van der Waals surface area contributed by atoms with E-state index in [-0.39, 0.29) is 5.75 Å². The van der Waals surface area contributed by atoms with Gasteiger partial charge in [-0.05, 0) is 25.0 Å². The third-order valence-corrected chi connectivity index (χ3v) is 3.82. The first kappa shape index (κ1) is 11.1. The highest BCUT2D eigenvalue weighted by atomic mass is 16.4. The third-order valence-electron chi connectivity index (χ3n) is 3.82. The molecule has 0 spiro atoms. The van der Waals surface area contributed by atoms with Crippen molar-refractivity contribution in [3.05, 3.63) is 35.5 Å². The van der Waals surface area contributed by atoms with E-state index in [1.54, 1.807) is 12.1 Å². The Morgan fingerprint density at radius 1 is 1.22 bits per heavy atom. The Labute approximate surface area is 106 Å². The van der Waals surface area contributed by atoms with Crippen molar-refractivity contribution in [3.8, 4) is 5.75 Å². The summed E-state index contributed by atoms with van der Waals surface area (Å²) in [5.41, 5.74) is 2.47. The van der Waals surface area contributed by atoms with Gasteiger partial charge in [0.2, 0.25) is 0 Å². The van der Waals surface area contributed by atoms with Crippen LogP contribution in [-0.4, -0.2) is 34.0 Å². The van der Waals surface area contributed by atoms with Crippen LogP contribution in [0.2, 0.25) is 0 Å². The van der Waals surface area contributed by atoms with E-state index in [4.69, 9.17) is 0 Å².